The number of hydrogen-bond donors (Lipinski definition) is 0. The van der Waals surface area contributed by atoms with Gasteiger partial charge in [0.15, 0.2) is 0 Å². The molecule has 0 bridgehead atoms. The van der Waals surface area contributed by atoms with E-state index >= 15 is 0 Å². The second kappa shape index (κ2) is 5.67. The third kappa shape index (κ3) is 3.19. The Balaban J connectivity index is 3.18. The minimum atomic E-state index is -0.231. The van der Waals surface area contributed by atoms with Gasteiger partial charge in [-0.25, -0.2) is 4.79 Å². The Morgan fingerprint density at radius 2 is 1.88 bits per heavy atom. The lowest BCUT2D eigenvalue weighted by molar-refractivity contribution is -0.138. The zero-order valence-corrected chi connectivity index (χ0v) is 11.3. The van der Waals surface area contributed by atoms with Gasteiger partial charge in [0.25, 0.3) is 0 Å². The summed E-state index contributed by atoms with van der Waals surface area (Å²) in [5.74, 6) is -0.231. The molecule has 92 valence electrons. The molecule has 2 heteroatoms. The van der Waals surface area contributed by atoms with Crippen LogP contribution in [0.5, 0.6) is 0 Å². The maximum absolute atomic E-state index is 11.7. The first kappa shape index (κ1) is 13.5. The average molecular weight is 232 g/mol. The lowest BCUT2D eigenvalue weighted by Gasteiger charge is -2.11. The van der Waals surface area contributed by atoms with E-state index in [0.29, 0.717) is 12.2 Å². The Bertz CT molecular complexity index is 456. The van der Waals surface area contributed by atoms with Crippen molar-refractivity contribution in [2.45, 2.75) is 34.6 Å². The predicted octanol–water partition coefficient (Wildman–Crippen LogP) is 3.66. The SMILES string of the molecule is CCOC(=O)/C(C)=C(/C)c1cc(C)ccc1C. The monoisotopic (exact) mass is 232 g/mol. The first-order valence-corrected chi connectivity index (χ1v) is 5.89. The van der Waals surface area contributed by atoms with Crippen molar-refractivity contribution in [1.82, 2.24) is 0 Å². The summed E-state index contributed by atoms with van der Waals surface area (Å²) in [6, 6.07) is 6.26. The summed E-state index contributed by atoms with van der Waals surface area (Å²) in [6.45, 7) is 10.1. The normalized spacial score (nSPS) is 12.1. The zero-order valence-electron chi connectivity index (χ0n) is 11.3. The Hall–Kier alpha value is -1.57. The molecule has 17 heavy (non-hydrogen) atoms. The largest absolute Gasteiger partial charge is 0.463 e. The van der Waals surface area contributed by atoms with Gasteiger partial charge in [0.2, 0.25) is 0 Å². The Kier molecular flexibility index (Phi) is 4.50. The predicted molar refractivity (Wildman–Crippen MR) is 70.8 cm³/mol. The molecule has 0 radical (unpaired) electrons. The molecule has 0 aliphatic carbocycles. The van der Waals surface area contributed by atoms with Gasteiger partial charge in [0, 0.05) is 5.57 Å². The average Bonchev–Trinajstić information content (AvgIpc) is 2.30. The molecule has 0 atom stereocenters. The number of carbonyl (C=O) groups excluding carboxylic acids is 1. The first-order chi connectivity index (χ1) is 7.97. The fourth-order valence-corrected chi connectivity index (χ4v) is 1.73. The van der Waals surface area contributed by atoms with Crippen LogP contribution in [-0.2, 0) is 9.53 Å². The zero-order chi connectivity index (χ0) is 13.0. The molecule has 0 saturated heterocycles. The van der Waals surface area contributed by atoms with Crippen molar-refractivity contribution in [2.24, 2.45) is 0 Å². The molecule has 0 saturated carbocycles. The van der Waals surface area contributed by atoms with E-state index in [-0.39, 0.29) is 5.97 Å². The molecule has 0 unspecified atom stereocenters. The van der Waals surface area contributed by atoms with Crippen LogP contribution < -0.4 is 0 Å². The van der Waals surface area contributed by atoms with Gasteiger partial charge in [-0.2, -0.15) is 0 Å². The van der Waals surface area contributed by atoms with Gasteiger partial charge in [-0.05, 0) is 51.3 Å². The number of carbonyl (C=O) groups is 1. The number of esters is 1. The molecule has 0 aromatic heterocycles. The van der Waals surface area contributed by atoms with E-state index in [1.54, 1.807) is 0 Å². The maximum atomic E-state index is 11.7. The van der Waals surface area contributed by atoms with E-state index in [9.17, 15) is 4.79 Å². The molecule has 0 amide bonds. The third-order valence-electron chi connectivity index (χ3n) is 2.94. The molecular weight excluding hydrogens is 212 g/mol. The van der Waals surface area contributed by atoms with Crippen LogP contribution in [0.2, 0.25) is 0 Å². The van der Waals surface area contributed by atoms with Crippen LogP contribution in [0.3, 0.4) is 0 Å². The fourth-order valence-electron chi connectivity index (χ4n) is 1.73. The number of hydrogen-bond acceptors (Lipinski definition) is 2. The minimum Gasteiger partial charge on any atom is -0.463 e. The van der Waals surface area contributed by atoms with Gasteiger partial charge < -0.3 is 4.74 Å². The van der Waals surface area contributed by atoms with Gasteiger partial charge in [-0.3, -0.25) is 0 Å². The molecule has 2 nitrogen and oxygen atoms in total. The van der Waals surface area contributed by atoms with Crippen LogP contribution in [0.25, 0.3) is 5.57 Å². The van der Waals surface area contributed by atoms with E-state index in [4.69, 9.17) is 4.74 Å². The summed E-state index contributed by atoms with van der Waals surface area (Å²) in [5.41, 5.74) is 5.17. The number of allylic oxidation sites excluding steroid dienone is 1. The highest BCUT2D eigenvalue weighted by atomic mass is 16.5. The maximum Gasteiger partial charge on any atom is 0.333 e. The van der Waals surface area contributed by atoms with Gasteiger partial charge in [0.05, 0.1) is 6.61 Å². The molecule has 0 heterocycles. The summed E-state index contributed by atoms with van der Waals surface area (Å²) >= 11 is 0. The first-order valence-electron chi connectivity index (χ1n) is 5.89. The Morgan fingerprint density at radius 3 is 2.47 bits per heavy atom. The van der Waals surface area contributed by atoms with Crippen LogP contribution >= 0.6 is 0 Å². The van der Waals surface area contributed by atoms with Crippen LogP contribution in [-0.4, -0.2) is 12.6 Å². The minimum absolute atomic E-state index is 0.231. The van der Waals surface area contributed by atoms with Crippen molar-refractivity contribution in [3.05, 3.63) is 40.5 Å². The lowest BCUT2D eigenvalue weighted by Crippen LogP contribution is -2.07. The van der Waals surface area contributed by atoms with Crippen molar-refractivity contribution < 1.29 is 9.53 Å². The molecular formula is C15H20O2. The van der Waals surface area contributed by atoms with E-state index in [2.05, 4.69) is 32.0 Å². The van der Waals surface area contributed by atoms with Crippen molar-refractivity contribution in [3.63, 3.8) is 0 Å². The van der Waals surface area contributed by atoms with Gasteiger partial charge in [-0.1, -0.05) is 23.8 Å². The highest BCUT2D eigenvalue weighted by Gasteiger charge is 2.11. The highest BCUT2D eigenvalue weighted by molar-refractivity contribution is 5.97. The number of ether oxygens (including phenoxy) is 1. The number of rotatable bonds is 3. The van der Waals surface area contributed by atoms with E-state index in [1.165, 1.54) is 11.1 Å². The molecule has 0 aliphatic heterocycles. The van der Waals surface area contributed by atoms with Crippen LogP contribution in [0.4, 0.5) is 0 Å². The van der Waals surface area contributed by atoms with Crippen molar-refractivity contribution in [2.75, 3.05) is 6.61 Å². The summed E-state index contributed by atoms with van der Waals surface area (Å²) in [4.78, 5) is 11.7. The standard InChI is InChI=1S/C15H20O2/c1-6-17-15(16)13(5)12(4)14-9-10(2)7-8-11(14)3/h7-9H,6H2,1-5H3/b13-12-. The van der Waals surface area contributed by atoms with Crippen molar-refractivity contribution in [3.8, 4) is 0 Å². The second-order valence-corrected chi connectivity index (χ2v) is 4.29. The molecule has 1 rings (SSSR count). The summed E-state index contributed by atoms with van der Waals surface area (Å²) in [5, 5.41) is 0. The van der Waals surface area contributed by atoms with Crippen molar-refractivity contribution >= 4 is 11.5 Å². The topological polar surface area (TPSA) is 26.3 Å². The fraction of sp³-hybridized carbons (Fsp3) is 0.400. The van der Waals surface area contributed by atoms with Crippen LogP contribution in [0, 0.1) is 13.8 Å². The van der Waals surface area contributed by atoms with E-state index in [0.717, 1.165) is 11.1 Å². The quantitative estimate of drug-likeness (QED) is 0.587. The molecule has 0 N–H and O–H groups in total. The summed E-state index contributed by atoms with van der Waals surface area (Å²) in [7, 11) is 0. The smallest absolute Gasteiger partial charge is 0.333 e. The van der Waals surface area contributed by atoms with Crippen LogP contribution in [0.1, 0.15) is 37.5 Å². The molecule has 1 aromatic carbocycles. The Labute approximate surface area is 103 Å². The second-order valence-electron chi connectivity index (χ2n) is 4.29. The highest BCUT2D eigenvalue weighted by Crippen LogP contribution is 2.23. The van der Waals surface area contributed by atoms with Gasteiger partial charge in [-0.15, -0.1) is 0 Å². The summed E-state index contributed by atoms with van der Waals surface area (Å²) < 4.78 is 5.02. The molecule has 1 aromatic rings. The summed E-state index contributed by atoms with van der Waals surface area (Å²) in [6.07, 6.45) is 0. The number of benzene rings is 1. The van der Waals surface area contributed by atoms with E-state index in [1.807, 2.05) is 20.8 Å². The van der Waals surface area contributed by atoms with Crippen LogP contribution in [0.15, 0.2) is 23.8 Å². The molecule has 0 spiro atoms. The van der Waals surface area contributed by atoms with Gasteiger partial charge >= 0.3 is 5.97 Å². The Morgan fingerprint density at radius 1 is 1.24 bits per heavy atom. The van der Waals surface area contributed by atoms with E-state index < -0.39 is 0 Å². The number of aryl methyl sites for hydroxylation is 2. The molecule has 0 fully saturated rings. The third-order valence-corrected chi connectivity index (χ3v) is 2.94. The van der Waals surface area contributed by atoms with Crippen molar-refractivity contribution in [1.29, 1.82) is 0 Å². The lowest BCUT2D eigenvalue weighted by atomic mass is 9.96. The molecule has 0 aliphatic rings. The van der Waals surface area contributed by atoms with Gasteiger partial charge in [0.1, 0.15) is 0 Å².